The maximum absolute atomic E-state index is 14.0. The lowest BCUT2D eigenvalue weighted by atomic mass is 9.81. The first-order chi connectivity index (χ1) is 72.9. The number of amides is 1. The number of halogens is 1. The van der Waals surface area contributed by atoms with Crippen LogP contribution in [-0.2, 0) is 121 Å². The van der Waals surface area contributed by atoms with Gasteiger partial charge < -0.3 is 35.7 Å². The van der Waals surface area contributed by atoms with Crippen molar-refractivity contribution in [1.29, 1.82) is 0 Å². The fraction of sp³-hybridized carbons (Fsp3) is 0.184. The lowest BCUT2D eigenvalue weighted by molar-refractivity contribution is -0.130. The van der Waals surface area contributed by atoms with Crippen LogP contribution in [0.2, 0.25) is 0 Å². The lowest BCUT2D eigenvalue weighted by Gasteiger charge is -2.29. The average molecular weight is 2010 g/mol. The summed E-state index contributed by atoms with van der Waals surface area (Å²) >= 11 is 3.10. The van der Waals surface area contributed by atoms with Crippen LogP contribution in [0.4, 0.5) is 4.39 Å². The number of hydrazone groups is 1. The van der Waals surface area contributed by atoms with Gasteiger partial charge in [0, 0.05) is 68.3 Å². The van der Waals surface area contributed by atoms with E-state index in [0.717, 1.165) is 191 Å². The third-order valence-electron chi connectivity index (χ3n) is 29.4. The molecule has 0 saturated carbocycles. The first-order valence-electron chi connectivity index (χ1n) is 50.7. The second kappa shape index (κ2) is 47.1. The Hall–Kier alpha value is -15.9. The maximum atomic E-state index is 14.0. The molecule has 1 aliphatic heterocycles. The quantitative estimate of drug-likeness (QED) is 0.0438. The molecule has 150 heavy (non-hydrogen) atoms. The van der Waals surface area contributed by atoms with Crippen LogP contribution in [0, 0.1) is 74.5 Å². The number of carbonyl (C=O) groups excluding carboxylic acids is 1. The summed E-state index contributed by atoms with van der Waals surface area (Å²) in [5.74, 6) is 12.8. The largest absolute Gasteiger partial charge is 0.380 e. The Labute approximate surface area is 888 Å². The van der Waals surface area contributed by atoms with Crippen LogP contribution in [0.25, 0.3) is 10.2 Å². The van der Waals surface area contributed by atoms with E-state index in [-0.39, 0.29) is 17.8 Å². The Bertz CT molecular complexity index is 7590. The number of rotatable bonds is 8. The first-order valence-corrected chi connectivity index (χ1v) is 52.5. The Morgan fingerprint density at radius 1 is 0.400 bits per heavy atom. The monoisotopic (exact) mass is 2000 g/mol. The zero-order valence-corrected chi connectivity index (χ0v) is 85.7. The summed E-state index contributed by atoms with van der Waals surface area (Å²) < 4.78 is 16.0. The zero-order valence-electron chi connectivity index (χ0n) is 84.0. The van der Waals surface area contributed by atoms with Crippen molar-refractivity contribution in [2.75, 3.05) is 5.75 Å². The van der Waals surface area contributed by atoms with Gasteiger partial charge in [0.05, 0.1) is 22.0 Å². The maximum Gasteiger partial charge on any atom is 0.253 e. The second-order valence-corrected chi connectivity index (χ2v) is 40.4. The van der Waals surface area contributed by atoms with E-state index >= 15 is 0 Å². The molecule has 1 aromatic heterocycles. The minimum atomic E-state index is -1.55. The number of hydrogen-bond donors (Lipinski definition) is 7. The summed E-state index contributed by atoms with van der Waals surface area (Å²) in [5, 5.41) is 82.4. The molecule has 16 aromatic carbocycles. The molecule has 744 valence electrons. The van der Waals surface area contributed by atoms with Crippen LogP contribution in [-0.4, -0.2) is 63.6 Å². The van der Waals surface area contributed by atoms with Crippen LogP contribution < -0.4 is 0 Å². The van der Waals surface area contributed by atoms with Crippen LogP contribution >= 0.6 is 23.1 Å². The smallest absolute Gasteiger partial charge is 0.253 e. The summed E-state index contributed by atoms with van der Waals surface area (Å²) in [4.78, 5) is 17.1. The molecule has 2 heterocycles. The number of aromatic nitrogens is 1. The van der Waals surface area contributed by atoms with Gasteiger partial charge in [0.1, 0.15) is 17.0 Å². The van der Waals surface area contributed by atoms with Crippen molar-refractivity contribution in [3.05, 3.63) is 569 Å². The molecule has 0 bridgehead atoms. The molecule has 3 atom stereocenters. The number of aliphatic hydroxyl groups is 7. The van der Waals surface area contributed by atoms with Gasteiger partial charge in [-0.3, -0.25) is 4.79 Å². The van der Waals surface area contributed by atoms with Crippen molar-refractivity contribution in [3.63, 3.8) is 0 Å². The predicted molar refractivity (Wildman–Crippen MR) is 604 cm³/mol. The predicted octanol–water partition coefficient (Wildman–Crippen LogP) is 24.6. The van der Waals surface area contributed by atoms with Crippen LogP contribution in [0.3, 0.4) is 0 Å². The van der Waals surface area contributed by atoms with Gasteiger partial charge in [0.15, 0.2) is 32.3 Å². The van der Waals surface area contributed by atoms with Crippen molar-refractivity contribution in [3.8, 4) is 61.7 Å². The Morgan fingerprint density at radius 3 is 1.09 bits per heavy atom. The highest BCUT2D eigenvalue weighted by molar-refractivity contribution is 8.01. The summed E-state index contributed by atoms with van der Waals surface area (Å²) in [6.45, 7) is 7.92. The van der Waals surface area contributed by atoms with E-state index in [2.05, 4.69) is 126 Å². The van der Waals surface area contributed by atoms with E-state index in [1.54, 1.807) is 34.6 Å². The van der Waals surface area contributed by atoms with Crippen LogP contribution in [0.15, 0.2) is 416 Å². The highest BCUT2D eigenvalue weighted by atomic mass is 32.2. The number of fused-ring (bicyclic) bond motifs is 13. The summed E-state index contributed by atoms with van der Waals surface area (Å²) in [6, 6.07) is 127. The number of thioether (sulfide) groups is 1. The zero-order chi connectivity index (χ0) is 105. The van der Waals surface area contributed by atoms with Crippen molar-refractivity contribution >= 4 is 45.4 Å². The van der Waals surface area contributed by atoms with Gasteiger partial charge in [-0.1, -0.05) is 443 Å². The molecular formula is C136H118FN3O8S2. The standard InChI is InChI=1S/C18H15N3OS2.C18H16O.C17H13FO.C17H18O.C17H16O.2C17H14O.C15H12O/c22-17(12-23-18-20-14-8-4-5-9-16(14)24-18)21-15(10-11-19-21)13-6-2-1-3-7-13;1-3-18(19)16-7-5-4-6-14(16)10-11-15-9-8-13(2)12-17(15)18;1-2-17(19)14-7-4-3-6-12(14)10-11-13-15(17)8-5-9-16(13)18;4*1-2-17(18)15-9-5-3-7-13(15)11-12-14-8-4-6-10-16(14)17;1-2-15(16,13-9-5-3-6-10-13)14-11-7-4-8-12-14/h1-9,11,15H,10,12H2;1,4-9,12,19H,10-11H2,2H3;1,3-9,19H,10-11H2;3-10,18H,2,11-12H2,1H3;2-10,18H,1,11-12H2;2*1,3-10,18H,11-12H2;1,3-12,16H. The number of hydrogen-bond acceptors (Lipinski definition) is 12. The molecule has 0 radical (unpaired) electrons. The molecule has 1 amide bonds. The summed E-state index contributed by atoms with van der Waals surface area (Å²) in [7, 11) is 0. The SMILES string of the molecule is C#CC(O)(c1ccccc1)c1ccccc1.C#CC1(O)c2ccccc2CCc2c(F)cccc21.C#CC1(O)c2ccccc2CCc2ccc(C)cc21.C#CC1(O)c2ccccc2CCc2ccccc21.C#CC1(O)c2ccccc2CCc2ccccc21.C=CC1(O)c2ccccc2CCc2ccccc21.CCC1(O)c2ccccc2CCc2ccccc21.O=C(CSc1nc2ccccc2s1)N1N=CCC1c1ccccc1. The fourth-order valence-corrected chi connectivity index (χ4v) is 23.5. The molecule has 6 aliphatic carbocycles. The van der Waals surface area contributed by atoms with E-state index in [0.29, 0.717) is 52.8 Å². The molecule has 17 aromatic rings. The number of carbonyl (C=O) groups is 1. The molecule has 7 N–H and O–H groups in total. The van der Waals surface area contributed by atoms with Crippen LogP contribution in [0.5, 0.6) is 0 Å². The molecule has 0 fully saturated rings. The van der Waals surface area contributed by atoms with E-state index in [9.17, 15) is 44.9 Å². The van der Waals surface area contributed by atoms with Gasteiger partial charge >= 0.3 is 0 Å². The lowest BCUT2D eigenvalue weighted by Crippen LogP contribution is -2.28. The van der Waals surface area contributed by atoms with Gasteiger partial charge in [0.25, 0.3) is 5.91 Å². The van der Waals surface area contributed by atoms with Crippen molar-refractivity contribution < 1.29 is 44.9 Å². The normalized spacial score (nSPS) is 16.9. The van der Waals surface area contributed by atoms with Gasteiger partial charge in [-0.15, -0.1) is 43.5 Å². The van der Waals surface area contributed by atoms with E-state index in [4.69, 9.17) is 32.1 Å². The van der Waals surface area contributed by atoms with Gasteiger partial charge in [-0.2, -0.15) is 5.10 Å². The van der Waals surface area contributed by atoms with Gasteiger partial charge in [0.2, 0.25) is 0 Å². The summed E-state index contributed by atoms with van der Waals surface area (Å²) in [6.07, 6.45) is 43.6. The highest BCUT2D eigenvalue weighted by Gasteiger charge is 2.43. The van der Waals surface area contributed by atoms with E-state index in [1.165, 1.54) is 40.1 Å². The number of terminal acetylenes is 5. The van der Waals surface area contributed by atoms with Crippen molar-refractivity contribution in [2.24, 2.45) is 5.10 Å². The molecule has 0 saturated heterocycles. The minimum absolute atomic E-state index is 0.00895. The number of benzene rings is 16. The van der Waals surface area contributed by atoms with Gasteiger partial charge in [-0.25, -0.2) is 14.4 Å². The van der Waals surface area contributed by atoms with Crippen molar-refractivity contribution in [2.45, 2.75) is 153 Å². The molecule has 7 aliphatic rings. The highest BCUT2D eigenvalue weighted by Crippen LogP contribution is 2.47. The van der Waals surface area contributed by atoms with Crippen LogP contribution in [0.1, 0.15) is 182 Å². The summed E-state index contributed by atoms with van der Waals surface area (Å²) in [5.41, 5.74) is 19.5. The van der Waals surface area contributed by atoms with Crippen molar-refractivity contribution in [1.82, 2.24) is 9.99 Å². The third-order valence-corrected chi connectivity index (χ3v) is 31.6. The third kappa shape index (κ3) is 21.9. The molecule has 0 spiro atoms. The molecular weight excluding hydrogens is 1890 g/mol. The number of thiazole rings is 1. The number of nitrogens with zero attached hydrogens (tertiary/aromatic N) is 3. The average Bonchev–Trinajstić information content (AvgIpc) is 1.58. The molecule has 11 nitrogen and oxygen atoms in total. The molecule has 3 unspecified atom stereocenters. The number of aryl methyl sites for hydroxylation is 12. The molecule has 24 rings (SSSR count). The van der Waals surface area contributed by atoms with E-state index < -0.39 is 39.2 Å². The Kier molecular flexibility index (Phi) is 33.1. The fourth-order valence-electron chi connectivity index (χ4n) is 21.5. The number of para-hydroxylation sites is 1. The topological polar surface area (TPSA) is 187 Å². The minimum Gasteiger partial charge on any atom is -0.380 e. The van der Waals surface area contributed by atoms with Gasteiger partial charge in [-0.05, 0) is 203 Å². The second-order valence-electron chi connectivity index (χ2n) is 38.1. The Balaban J connectivity index is 0.000000117. The first kappa shape index (κ1) is 105. The molecule has 14 heteroatoms. The Morgan fingerprint density at radius 2 is 0.713 bits per heavy atom. The van der Waals surface area contributed by atoms with E-state index in [1.807, 2.05) is 316 Å².